The molecule has 9 heteroatoms. The molecule has 2 rings (SSSR count). The van der Waals surface area contributed by atoms with E-state index in [1.54, 1.807) is 24.4 Å². The van der Waals surface area contributed by atoms with E-state index in [1.807, 2.05) is 17.7 Å². The van der Waals surface area contributed by atoms with E-state index in [2.05, 4.69) is 4.98 Å². The van der Waals surface area contributed by atoms with Crippen LogP contribution in [-0.2, 0) is 16.1 Å². The van der Waals surface area contributed by atoms with Gasteiger partial charge in [-0.2, -0.15) is 0 Å². The Labute approximate surface area is 154 Å². The summed E-state index contributed by atoms with van der Waals surface area (Å²) in [6, 6.07) is 5.30. The number of para-hydroxylation sites is 1. The minimum absolute atomic E-state index is 0.501. The quantitative estimate of drug-likeness (QED) is 0.738. The number of aryl methyl sites for hydroxylation is 1. The molecule has 0 saturated heterocycles. The summed E-state index contributed by atoms with van der Waals surface area (Å²) < 4.78 is 7.59. The molecule has 0 saturated carbocycles. The number of aliphatic carboxylic acids is 2. The topological polar surface area (TPSA) is 102 Å². The fourth-order valence-corrected chi connectivity index (χ4v) is 2.16. The third kappa shape index (κ3) is 7.73. The van der Waals surface area contributed by atoms with Crippen LogP contribution < -0.4 is 4.74 Å². The molecule has 0 spiro atoms. The predicted molar refractivity (Wildman–Crippen MR) is 93.3 cm³/mol. The Morgan fingerprint density at radius 1 is 1.20 bits per heavy atom. The third-order valence-electron chi connectivity index (χ3n) is 2.79. The van der Waals surface area contributed by atoms with Crippen LogP contribution in [0.2, 0.25) is 10.0 Å². The molecule has 25 heavy (non-hydrogen) atoms. The molecule has 2 N–H and O–H groups in total. The van der Waals surface area contributed by atoms with Gasteiger partial charge in [0.2, 0.25) is 0 Å². The Balaban J connectivity index is 0.000000333. The molecule has 0 amide bonds. The number of ether oxygens (including phenoxy) is 1. The number of nitrogens with zero attached hydrogens (tertiary/aromatic N) is 2. The monoisotopic (exact) mass is 386 g/mol. The van der Waals surface area contributed by atoms with Crippen molar-refractivity contribution in [2.24, 2.45) is 0 Å². The van der Waals surface area contributed by atoms with E-state index in [1.165, 1.54) is 0 Å². The number of halogens is 2. The highest BCUT2D eigenvalue weighted by molar-refractivity contribution is 6.37. The van der Waals surface area contributed by atoms with Gasteiger partial charge in [0.05, 0.1) is 16.6 Å². The summed E-state index contributed by atoms with van der Waals surface area (Å²) in [7, 11) is 0. The minimum Gasteiger partial charge on any atom is -0.489 e. The molecule has 1 heterocycles. The van der Waals surface area contributed by atoms with Crippen LogP contribution >= 0.6 is 23.2 Å². The van der Waals surface area contributed by atoms with Crippen LogP contribution in [0.25, 0.3) is 0 Å². The highest BCUT2D eigenvalue weighted by Crippen LogP contribution is 2.32. The predicted octanol–water partition coefficient (Wildman–Crippen LogP) is 3.29. The average molecular weight is 387 g/mol. The Morgan fingerprint density at radius 2 is 1.76 bits per heavy atom. The van der Waals surface area contributed by atoms with Crippen LogP contribution in [0.5, 0.6) is 5.75 Å². The molecule has 0 unspecified atom stereocenters. The van der Waals surface area contributed by atoms with Gasteiger partial charge >= 0.3 is 11.9 Å². The normalized spacial score (nSPS) is 10.2. The van der Waals surface area contributed by atoms with E-state index in [4.69, 9.17) is 38.2 Å². The molecule has 0 aliphatic heterocycles. The molecule has 1 aromatic carbocycles. The first-order valence-electron chi connectivity index (χ1n) is 6.99. The average Bonchev–Trinajstić information content (AvgIpc) is 2.94. The maximum atomic E-state index is 9.55. The van der Waals surface area contributed by atoms with Crippen molar-refractivity contribution in [1.82, 2.24) is 9.55 Å². The summed E-state index contributed by atoms with van der Waals surface area (Å²) >= 11 is 12.0. The summed E-state index contributed by atoms with van der Waals surface area (Å²) in [6.07, 6.45) is 4.79. The molecule has 134 valence electrons. The lowest BCUT2D eigenvalue weighted by molar-refractivity contribution is -0.134. The second kappa shape index (κ2) is 10.4. The Morgan fingerprint density at radius 3 is 2.20 bits per heavy atom. The number of benzene rings is 1. The molecule has 0 radical (unpaired) electrons. The fraction of sp³-hybridized carbons (Fsp3) is 0.188. The second-order valence-electron chi connectivity index (χ2n) is 4.58. The summed E-state index contributed by atoms with van der Waals surface area (Å²) in [6.45, 7) is 3.16. The maximum absolute atomic E-state index is 9.55. The first kappa shape index (κ1) is 20.5. The van der Waals surface area contributed by atoms with Crippen molar-refractivity contribution in [1.29, 1.82) is 0 Å². The van der Waals surface area contributed by atoms with Crippen molar-refractivity contribution >= 4 is 35.1 Å². The molecule has 0 fully saturated rings. The first-order valence-corrected chi connectivity index (χ1v) is 7.75. The zero-order valence-corrected chi connectivity index (χ0v) is 14.7. The molecular formula is C16H16Cl2N2O5. The van der Waals surface area contributed by atoms with Gasteiger partial charge in [0.1, 0.15) is 12.4 Å². The zero-order valence-electron chi connectivity index (χ0n) is 13.2. The number of carboxylic acids is 2. The number of hydrogen-bond acceptors (Lipinski definition) is 4. The van der Waals surface area contributed by atoms with Crippen LogP contribution in [0.15, 0.2) is 42.7 Å². The lowest BCUT2D eigenvalue weighted by atomic mass is 10.3. The van der Waals surface area contributed by atoms with Crippen molar-refractivity contribution < 1.29 is 24.5 Å². The van der Waals surface area contributed by atoms with Crippen LogP contribution in [0, 0.1) is 6.92 Å². The molecule has 1 aromatic heterocycles. The molecule has 2 aromatic rings. The number of rotatable bonds is 6. The summed E-state index contributed by atoms with van der Waals surface area (Å²) in [4.78, 5) is 23.2. The van der Waals surface area contributed by atoms with E-state index in [0.717, 1.165) is 5.82 Å². The first-order chi connectivity index (χ1) is 11.8. The number of carbonyl (C=O) groups is 2. The number of imidazole rings is 1. The van der Waals surface area contributed by atoms with E-state index < -0.39 is 11.9 Å². The zero-order chi connectivity index (χ0) is 18.8. The number of hydrogen-bond donors (Lipinski definition) is 2. The van der Waals surface area contributed by atoms with Crippen LogP contribution in [0.3, 0.4) is 0 Å². The van der Waals surface area contributed by atoms with Gasteiger partial charge in [0.25, 0.3) is 0 Å². The highest BCUT2D eigenvalue weighted by atomic mass is 35.5. The lowest BCUT2D eigenvalue weighted by Gasteiger charge is -2.10. The lowest BCUT2D eigenvalue weighted by Crippen LogP contribution is -2.09. The van der Waals surface area contributed by atoms with Gasteiger partial charge in [-0.05, 0) is 19.1 Å². The molecule has 0 aliphatic carbocycles. The summed E-state index contributed by atoms with van der Waals surface area (Å²) in [5.41, 5.74) is 0. The van der Waals surface area contributed by atoms with E-state index >= 15 is 0 Å². The smallest absolute Gasteiger partial charge is 0.328 e. The SMILES string of the molecule is Cc1nccn1CCOc1c(Cl)cccc1Cl.O=C(O)/C=C\C(=O)O. The third-order valence-corrected chi connectivity index (χ3v) is 3.38. The van der Waals surface area contributed by atoms with Crippen LogP contribution in [0.1, 0.15) is 5.82 Å². The van der Waals surface area contributed by atoms with Gasteiger partial charge in [0.15, 0.2) is 5.75 Å². The van der Waals surface area contributed by atoms with Crippen molar-refractivity contribution in [3.05, 3.63) is 58.6 Å². The Kier molecular flexibility index (Phi) is 8.52. The summed E-state index contributed by atoms with van der Waals surface area (Å²) in [5, 5.41) is 16.7. The molecule has 7 nitrogen and oxygen atoms in total. The largest absolute Gasteiger partial charge is 0.489 e. The van der Waals surface area contributed by atoms with Crippen molar-refractivity contribution in [3.63, 3.8) is 0 Å². The minimum atomic E-state index is -1.26. The van der Waals surface area contributed by atoms with Gasteiger partial charge in [0, 0.05) is 24.5 Å². The van der Waals surface area contributed by atoms with E-state index in [-0.39, 0.29) is 0 Å². The highest BCUT2D eigenvalue weighted by Gasteiger charge is 2.06. The Hall–Kier alpha value is -2.51. The number of carboxylic acid groups (broad SMARTS) is 2. The van der Waals surface area contributed by atoms with E-state index in [0.29, 0.717) is 41.1 Å². The molecule has 0 aliphatic rings. The maximum Gasteiger partial charge on any atom is 0.328 e. The van der Waals surface area contributed by atoms with Crippen molar-refractivity contribution in [2.75, 3.05) is 6.61 Å². The molecule has 0 bridgehead atoms. The Bertz CT molecular complexity index is 722. The standard InChI is InChI=1S/C12H12Cl2N2O.C4H4O4/c1-9-15-5-6-16(9)7-8-17-12-10(13)3-2-4-11(12)14;5-3(6)1-2-4(7)8/h2-6H,7-8H2,1H3;1-2H,(H,5,6)(H,7,8)/b;2-1-. The van der Waals surface area contributed by atoms with Crippen LogP contribution in [-0.4, -0.2) is 38.3 Å². The van der Waals surface area contributed by atoms with Gasteiger partial charge in [-0.3, -0.25) is 0 Å². The van der Waals surface area contributed by atoms with Crippen LogP contribution in [0.4, 0.5) is 0 Å². The van der Waals surface area contributed by atoms with Gasteiger partial charge < -0.3 is 19.5 Å². The second-order valence-corrected chi connectivity index (χ2v) is 5.39. The fourth-order valence-electron chi connectivity index (χ4n) is 1.65. The van der Waals surface area contributed by atoms with Gasteiger partial charge in [-0.15, -0.1) is 0 Å². The van der Waals surface area contributed by atoms with E-state index in [9.17, 15) is 9.59 Å². The van der Waals surface area contributed by atoms with Crippen molar-refractivity contribution in [2.45, 2.75) is 13.5 Å². The van der Waals surface area contributed by atoms with Crippen molar-refractivity contribution in [3.8, 4) is 5.75 Å². The molecular weight excluding hydrogens is 371 g/mol. The van der Waals surface area contributed by atoms with Gasteiger partial charge in [-0.25, -0.2) is 14.6 Å². The summed E-state index contributed by atoms with van der Waals surface area (Å²) in [5.74, 6) is -1.02. The molecule has 0 atom stereocenters. The van der Waals surface area contributed by atoms with Gasteiger partial charge in [-0.1, -0.05) is 29.3 Å². The number of aromatic nitrogens is 2.